The van der Waals surface area contributed by atoms with Gasteiger partial charge in [-0.1, -0.05) is 23.5 Å². The molecule has 1 saturated heterocycles. The monoisotopic (exact) mass is 459 g/mol. The molecule has 3 aromatic rings. The fourth-order valence-corrected chi connectivity index (χ4v) is 6.33. The van der Waals surface area contributed by atoms with Crippen LogP contribution >= 0.6 is 11.3 Å². The van der Waals surface area contributed by atoms with Gasteiger partial charge in [0.2, 0.25) is 15.9 Å². The van der Waals surface area contributed by atoms with Crippen LogP contribution in [-0.2, 0) is 14.8 Å². The molecule has 1 atom stereocenters. The third-order valence-electron chi connectivity index (χ3n) is 5.62. The quantitative estimate of drug-likeness (QED) is 0.624. The number of sulfonamides is 1. The molecule has 1 aliphatic heterocycles. The predicted molar refractivity (Wildman–Crippen MR) is 122 cm³/mol. The highest BCUT2D eigenvalue weighted by Gasteiger charge is 2.33. The molecular weight excluding hydrogens is 434 g/mol. The second kappa shape index (κ2) is 8.57. The number of rotatable bonds is 5. The topological polar surface area (TPSA) is 88.6 Å². The maximum Gasteiger partial charge on any atom is 0.243 e. The summed E-state index contributed by atoms with van der Waals surface area (Å²) in [5.41, 5.74) is 3.08. The summed E-state index contributed by atoms with van der Waals surface area (Å²) in [6, 6.07) is 10.4. The van der Waals surface area contributed by atoms with E-state index in [1.807, 2.05) is 26.0 Å². The van der Waals surface area contributed by atoms with Gasteiger partial charge in [0, 0.05) is 13.1 Å². The standard InChI is InChI=1S/C22H25N3O4S2/c1-14-6-7-15(2)20-19(14)23-22(30-20)24-21(26)16-5-4-12-25(13-16)31(27,28)18-10-8-17(29-3)9-11-18/h6-11,16H,4-5,12-13H2,1-3H3,(H,23,24,26). The summed E-state index contributed by atoms with van der Waals surface area (Å²) >= 11 is 1.45. The molecule has 31 heavy (non-hydrogen) atoms. The highest BCUT2D eigenvalue weighted by Crippen LogP contribution is 2.32. The predicted octanol–water partition coefficient (Wildman–Crippen LogP) is 3.96. The molecular formula is C22H25N3O4S2. The van der Waals surface area contributed by atoms with Crippen molar-refractivity contribution in [1.82, 2.24) is 9.29 Å². The van der Waals surface area contributed by atoms with Crippen LogP contribution in [0.5, 0.6) is 5.75 Å². The normalized spacial score (nSPS) is 17.6. The molecule has 9 heteroatoms. The molecule has 0 aliphatic carbocycles. The molecule has 0 bridgehead atoms. The van der Waals surface area contributed by atoms with Gasteiger partial charge in [0.1, 0.15) is 5.75 Å². The number of anilines is 1. The Morgan fingerprint density at radius 2 is 1.87 bits per heavy atom. The number of ether oxygens (including phenoxy) is 1. The SMILES string of the molecule is COc1ccc(S(=O)(=O)N2CCCC(C(=O)Nc3nc4c(C)ccc(C)c4s3)C2)cc1. The Bertz CT molecular complexity index is 1180. The summed E-state index contributed by atoms with van der Waals surface area (Å²) in [6.45, 7) is 4.57. The summed E-state index contributed by atoms with van der Waals surface area (Å²) < 4.78 is 33.7. The zero-order chi connectivity index (χ0) is 22.2. The second-order valence-electron chi connectivity index (χ2n) is 7.76. The Morgan fingerprint density at radius 1 is 1.16 bits per heavy atom. The van der Waals surface area contributed by atoms with Gasteiger partial charge < -0.3 is 10.1 Å². The molecule has 7 nitrogen and oxygen atoms in total. The average Bonchev–Trinajstić information content (AvgIpc) is 3.21. The van der Waals surface area contributed by atoms with E-state index < -0.39 is 15.9 Å². The van der Waals surface area contributed by atoms with Crippen molar-refractivity contribution in [1.29, 1.82) is 0 Å². The molecule has 1 aromatic heterocycles. The Hall–Kier alpha value is -2.49. The number of nitrogens with zero attached hydrogens (tertiary/aromatic N) is 2. The first kappa shape index (κ1) is 21.7. The molecule has 1 aliphatic rings. The van der Waals surface area contributed by atoms with Crippen LogP contribution in [0.25, 0.3) is 10.2 Å². The van der Waals surface area contributed by atoms with Crippen molar-refractivity contribution in [3.8, 4) is 5.75 Å². The second-order valence-corrected chi connectivity index (χ2v) is 10.7. The number of fused-ring (bicyclic) bond motifs is 1. The van der Waals surface area contributed by atoms with Crippen molar-refractivity contribution in [3.05, 3.63) is 47.5 Å². The minimum absolute atomic E-state index is 0.156. The number of carbonyl (C=O) groups is 1. The van der Waals surface area contributed by atoms with Gasteiger partial charge >= 0.3 is 0 Å². The van der Waals surface area contributed by atoms with Crippen molar-refractivity contribution in [3.63, 3.8) is 0 Å². The average molecular weight is 460 g/mol. The lowest BCUT2D eigenvalue weighted by Gasteiger charge is -2.31. The van der Waals surface area contributed by atoms with Crippen LogP contribution in [0.15, 0.2) is 41.3 Å². The van der Waals surface area contributed by atoms with E-state index in [-0.39, 0.29) is 17.3 Å². The molecule has 0 spiro atoms. The number of hydrogen-bond acceptors (Lipinski definition) is 6. The van der Waals surface area contributed by atoms with Gasteiger partial charge in [-0.15, -0.1) is 0 Å². The number of hydrogen-bond donors (Lipinski definition) is 1. The zero-order valence-corrected chi connectivity index (χ0v) is 19.3. The van der Waals surface area contributed by atoms with Gasteiger partial charge in [0.25, 0.3) is 0 Å². The van der Waals surface area contributed by atoms with E-state index >= 15 is 0 Å². The first-order valence-corrected chi connectivity index (χ1v) is 12.4. The van der Waals surface area contributed by atoms with Crippen LogP contribution in [0.4, 0.5) is 5.13 Å². The lowest BCUT2D eigenvalue weighted by molar-refractivity contribution is -0.120. The molecule has 0 saturated carbocycles. The molecule has 1 fully saturated rings. The minimum atomic E-state index is -3.67. The fraction of sp³-hybridized carbons (Fsp3) is 0.364. The summed E-state index contributed by atoms with van der Waals surface area (Å²) in [4.78, 5) is 17.7. The lowest BCUT2D eigenvalue weighted by atomic mass is 9.99. The molecule has 164 valence electrons. The number of piperidine rings is 1. The van der Waals surface area contributed by atoms with Crippen LogP contribution in [0.2, 0.25) is 0 Å². The van der Waals surface area contributed by atoms with E-state index in [9.17, 15) is 13.2 Å². The van der Waals surface area contributed by atoms with E-state index in [0.29, 0.717) is 30.3 Å². The molecule has 0 radical (unpaired) electrons. The van der Waals surface area contributed by atoms with Gasteiger partial charge in [-0.25, -0.2) is 13.4 Å². The first-order valence-electron chi connectivity index (χ1n) is 10.1. The highest BCUT2D eigenvalue weighted by molar-refractivity contribution is 7.89. The van der Waals surface area contributed by atoms with E-state index in [1.165, 1.54) is 34.9 Å². The lowest BCUT2D eigenvalue weighted by Crippen LogP contribution is -2.43. The number of carbonyl (C=O) groups excluding carboxylic acids is 1. The van der Waals surface area contributed by atoms with Gasteiger partial charge in [-0.3, -0.25) is 4.79 Å². The molecule has 1 amide bonds. The van der Waals surface area contributed by atoms with Gasteiger partial charge in [-0.05, 0) is 62.1 Å². The number of thiazole rings is 1. The molecule has 4 rings (SSSR count). The van der Waals surface area contributed by atoms with Crippen LogP contribution < -0.4 is 10.1 Å². The van der Waals surface area contributed by atoms with Crippen molar-refractivity contribution in [2.24, 2.45) is 5.92 Å². The largest absolute Gasteiger partial charge is 0.497 e. The number of benzene rings is 2. The van der Waals surface area contributed by atoms with Crippen molar-refractivity contribution >= 4 is 42.6 Å². The van der Waals surface area contributed by atoms with Crippen LogP contribution in [0, 0.1) is 19.8 Å². The van der Waals surface area contributed by atoms with Crippen LogP contribution in [-0.4, -0.2) is 43.8 Å². The summed E-state index contributed by atoms with van der Waals surface area (Å²) in [5, 5.41) is 3.46. The summed E-state index contributed by atoms with van der Waals surface area (Å²) in [5.74, 6) is -0.0175. The summed E-state index contributed by atoms with van der Waals surface area (Å²) in [6.07, 6.45) is 1.27. The highest BCUT2D eigenvalue weighted by atomic mass is 32.2. The first-order chi connectivity index (χ1) is 14.8. The van der Waals surface area contributed by atoms with Crippen molar-refractivity contribution in [2.75, 3.05) is 25.5 Å². The van der Waals surface area contributed by atoms with E-state index in [2.05, 4.69) is 10.3 Å². The van der Waals surface area contributed by atoms with Crippen LogP contribution in [0.1, 0.15) is 24.0 Å². The van der Waals surface area contributed by atoms with Gasteiger partial charge in [0.15, 0.2) is 5.13 Å². The molecule has 2 aromatic carbocycles. The minimum Gasteiger partial charge on any atom is -0.497 e. The fourth-order valence-electron chi connectivity index (χ4n) is 3.79. The third kappa shape index (κ3) is 4.30. The van der Waals surface area contributed by atoms with E-state index in [1.54, 1.807) is 12.1 Å². The number of methoxy groups -OCH3 is 1. The third-order valence-corrected chi connectivity index (χ3v) is 8.61. The van der Waals surface area contributed by atoms with Gasteiger partial charge in [-0.2, -0.15) is 4.31 Å². The Kier molecular flexibility index (Phi) is 6.00. The van der Waals surface area contributed by atoms with Gasteiger partial charge in [0.05, 0.1) is 28.1 Å². The Morgan fingerprint density at radius 3 is 2.55 bits per heavy atom. The van der Waals surface area contributed by atoms with E-state index in [0.717, 1.165) is 21.3 Å². The molecule has 1 N–H and O–H groups in total. The van der Waals surface area contributed by atoms with Crippen molar-refractivity contribution < 1.29 is 17.9 Å². The van der Waals surface area contributed by atoms with Crippen LogP contribution in [0.3, 0.4) is 0 Å². The summed E-state index contributed by atoms with van der Waals surface area (Å²) in [7, 11) is -2.14. The zero-order valence-electron chi connectivity index (χ0n) is 17.7. The maximum absolute atomic E-state index is 13.0. The maximum atomic E-state index is 13.0. The smallest absolute Gasteiger partial charge is 0.243 e. The Balaban J connectivity index is 1.49. The van der Waals surface area contributed by atoms with E-state index in [4.69, 9.17) is 4.74 Å². The number of nitrogens with one attached hydrogen (secondary N) is 1. The molecule has 1 unspecified atom stereocenters. The number of aryl methyl sites for hydroxylation is 2. The number of amides is 1. The van der Waals surface area contributed by atoms with Crippen molar-refractivity contribution in [2.45, 2.75) is 31.6 Å². The number of aromatic nitrogens is 1. The molecule has 2 heterocycles. The Labute approximate surface area is 186 Å².